The number of nitrogen functional groups attached to an aromatic ring is 1. The number of rotatable bonds is 3. The molecule has 3 N–H and O–H groups in total. The van der Waals surface area contributed by atoms with Crippen LogP contribution in [0.15, 0.2) is 29.2 Å². The van der Waals surface area contributed by atoms with Crippen LogP contribution < -0.4 is 10.5 Å². The van der Waals surface area contributed by atoms with Crippen molar-refractivity contribution in [2.24, 2.45) is 7.05 Å². The first-order chi connectivity index (χ1) is 8.79. The molecule has 19 heavy (non-hydrogen) atoms. The number of benzene rings is 1. The van der Waals surface area contributed by atoms with E-state index < -0.39 is 10.0 Å². The summed E-state index contributed by atoms with van der Waals surface area (Å²) in [4.78, 5) is 0.0493. The topological polar surface area (TPSA) is 90.0 Å². The van der Waals surface area contributed by atoms with Gasteiger partial charge in [0.25, 0.3) is 10.0 Å². The Morgan fingerprint density at radius 1 is 1.37 bits per heavy atom. The predicted molar refractivity (Wildman–Crippen MR) is 74.6 cm³/mol. The minimum Gasteiger partial charge on any atom is -0.397 e. The van der Waals surface area contributed by atoms with Crippen LogP contribution >= 0.6 is 11.6 Å². The summed E-state index contributed by atoms with van der Waals surface area (Å²) >= 11 is 5.77. The molecular weight excluding hydrogens is 288 g/mol. The van der Waals surface area contributed by atoms with E-state index in [1.165, 1.54) is 22.9 Å². The minimum atomic E-state index is -3.71. The highest BCUT2D eigenvalue weighted by atomic mass is 35.5. The highest BCUT2D eigenvalue weighted by Gasteiger charge is 2.17. The van der Waals surface area contributed by atoms with Crippen LogP contribution in [-0.2, 0) is 17.1 Å². The van der Waals surface area contributed by atoms with Gasteiger partial charge in [-0.05, 0) is 25.1 Å². The number of nitrogens with zero attached hydrogens (tertiary/aromatic N) is 2. The van der Waals surface area contributed by atoms with Gasteiger partial charge in [0.1, 0.15) is 5.82 Å². The Labute approximate surface area is 116 Å². The minimum absolute atomic E-state index is 0.0493. The molecule has 0 spiro atoms. The lowest BCUT2D eigenvalue weighted by atomic mass is 10.3. The number of aryl methyl sites for hydroxylation is 2. The van der Waals surface area contributed by atoms with Crippen molar-refractivity contribution >= 4 is 33.1 Å². The maximum atomic E-state index is 12.2. The predicted octanol–water partition coefficient (Wildman–Crippen LogP) is 1.76. The number of hydrogen-bond acceptors (Lipinski definition) is 4. The number of aromatic nitrogens is 2. The van der Waals surface area contributed by atoms with Crippen molar-refractivity contribution in [3.8, 4) is 0 Å². The van der Waals surface area contributed by atoms with Crippen LogP contribution in [-0.4, -0.2) is 18.2 Å². The zero-order chi connectivity index (χ0) is 14.2. The van der Waals surface area contributed by atoms with E-state index in [4.69, 9.17) is 17.3 Å². The third-order valence-corrected chi connectivity index (χ3v) is 4.22. The summed E-state index contributed by atoms with van der Waals surface area (Å²) in [5.41, 5.74) is 6.53. The fraction of sp³-hybridized carbons (Fsp3) is 0.182. The molecule has 0 saturated carbocycles. The zero-order valence-electron chi connectivity index (χ0n) is 10.4. The van der Waals surface area contributed by atoms with E-state index in [2.05, 4.69) is 9.82 Å². The molecular formula is C11H13ClN4O2S. The van der Waals surface area contributed by atoms with Gasteiger partial charge in [-0.25, -0.2) is 8.42 Å². The van der Waals surface area contributed by atoms with E-state index in [0.717, 1.165) is 5.69 Å². The Bertz CT molecular complexity index is 724. The van der Waals surface area contributed by atoms with Crippen LogP contribution in [0, 0.1) is 6.92 Å². The van der Waals surface area contributed by atoms with Crippen molar-refractivity contribution in [1.29, 1.82) is 0 Å². The summed E-state index contributed by atoms with van der Waals surface area (Å²) < 4.78 is 28.2. The Morgan fingerprint density at radius 2 is 2.05 bits per heavy atom. The quantitative estimate of drug-likeness (QED) is 0.845. The van der Waals surface area contributed by atoms with Gasteiger partial charge in [0.15, 0.2) is 0 Å². The number of anilines is 2. The van der Waals surface area contributed by atoms with E-state index in [9.17, 15) is 8.42 Å². The molecule has 0 aliphatic carbocycles. The Morgan fingerprint density at radius 3 is 2.58 bits per heavy atom. The summed E-state index contributed by atoms with van der Waals surface area (Å²) in [6, 6.07) is 5.79. The summed E-state index contributed by atoms with van der Waals surface area (Å²) in [6.45, 7) is 1.78. The highest BCUT2D eigenvalue weighted by Crippen LogP contribution is 2.23. The van der Waals surface area contributed by atoms with Crippen molar-refractivity contribution in [2.75, 3.05) is 10.5 Å². The van der Waals surface area contributed by atoms with Gasteiger partial charge >= 0.3 is 0 Å². The third kappa shape index (κ3) is 2.82. The molecule has 0 atom stereocenters. The van der Waals surface area contributed by atoms with Crippen LogP contribution in [0.5, 0.6) is 0 Å². The fourth-order valence-electron chi connectivity index (χ4n) is 1.59. The molecule has 0 unspecified atom stereocenters. The van der Waals surface area contributed by atoms with E-state index >= 15 is 0 Å². The van der Waals surface area contributed by atoms with Crippen molar-refractivity contribution in [3.63, 3.8) is 0 Å². The molecule has 1 aromatic carbocycles. The van der Waals surface area contributed by atoms with E-state index in [1.807, 2.05) is 0 Å². The number of halogens is 1. The van der Waals surface area contributed by atoms with Crippen LogP contribution in [0.4, 0.5) is 11.5 Å². The molecule has 0 aliphatic heterocycles. The lowest BCUT2D eigenvalue weighted by Crippen LogP contribution is -2.15. The zero-order valence-corrected chi connectivity index (χ0v) is 12.0. The van der Waals surface area contributed by atoms with Gasteiger partial charge in [-0.3, -0.25) is 9.40 Å². The van der Waals surface area contributed by atoms with E-state index in [0.29, 0.717) is 10.8 Å². The summed E-state index contributed by atoms with van der Waals surface area (Å²) in [7, 11) is -2.06. The summed E-state index contributed by atoms with van der Waals surface area (Å²) in [5, 5.41) is 4.38. The number of sulfonamides is 1. The molecule has 0 amide bonds. The maximum absolute atomic E-state index is 12.2. The number of nitrogens with one attached hydrogen (secondary N) is 1. The van der Waals surface area contributed by atoms with Gasteiger partial charge in [0, 0.05) is 13.1 Å². The molecule has 0 fully saturated rings. The monoisotopic (exact) mass is 300 g/mol. The second-order valence-corrected chi connectivity index (χ2v) is 6.17. The first kappa shape index (κ1) is 13.7. The molecule has 2 aromatic rings. The van der Waals surface area contributed by atoms with Gasteiger partial charge in [-0.1, -0.05) is 11.6 Å². The molecule has 102 valence electrons. The molecule has 8 heteroatoms. The molecule has 0 saturated heterocycles. The van der Waals surface area contributed by atoms with Crippen LogP contribution in [0.2, 0.25) is 5.02 Å². The second-order valence-electron chi connectivity index (χ2n) is 4.08. The Hall–Kier alpha value is -1.73. The maximum Gasteiger partial charge on any atom is 0.263 e. The second kappa shape index (κ2) is 4.75. The first-order valence-electron chi connectivity index (χ1n) is 5.38. The normalized spacial score (nSPS) is 11.5. The average Bonchev–Trinajstić information content (AvgIpc) is 2.60. The standard InChI is InChI=1S/C11H13ClN4O2S/c1-7-5-11(16(2)14-7)15-19(17,18)8-3-4-9(12)10(13)6-8/h3-6,15H,13H2,1-2H3. The van der Waals surface area contributed by atoms with Crippen LogP contribution in [0.25, 0.3) is 0 Å². The molecule has 2 rings (SSSR count). The van der Waals surface area contributed by atoms with Crippen molar-refractivity contribution in [3.05, 3.63) is 35.0 Å². The number of nitrogens with two attached hydrogens (primary N) is 1. The van der Waals surface area contributed by atoms with Crippen molar-refractivity contribution in [2.45, 2.75) is 11.8 Å². The van der Waals surface area contributed by atoms with Crippen molar-refractivity contribution in [1.82, 2.24) is 9.78 Å². The fourth-order valence-corrected chi connectivity index (χ4v) is 2.82. The van der Waals surface area contributed by atoms with E-state index in [1.54, 1.807) is 20.0 Å². The average molecular weight is 301 g/mol. The van der Waals surface area contributed by atoms with Gasteiger partial charge in [-0.15, -0.1) is 0 Å². The van der Waals surface area contributed by atoms with Gasteiger partial charge in [-0.2, -0.15) is 5.10 Å². The largest absolute Gasteiger partial charge is 0.397 e. The van der Waals surface area contributed by atoms with Gasteiger partial charge in [0.2, 0.25) is 0 Å². The summed E-state index contributed by atoms with van der Waals surface area (Å²) in [6.07, 6.45) is 0. The smallest absolute Gasteiger partial charge is 0.263 e. The molecule has 1 heterocycles. The van der Waals surface area contributed by atoms with Crippen LogP contribution in [0.1, 0.15) is 5.69 Å². The van der Waals surface area contributed by atoms with Gasteiger partial charge in [0.05, 0.1) is 21.3 Å². The molecule has 0 radical (unpaired) electrons. The molecule has 6 nitrogen and oxygen atoms in total. The summed E-state index contributed by atoms with van der Waals surface area (Å²) in [5.74, 6) is 0.381. The molecule has 1 aromatic heterocycles. The Balaban J connectivity index is 2.37. The number of hydrogen-bond donors (Lipinski definition) is 2. The third-order valence-electron chi connectivity index (χ3n) is 2.52. The van der Waals surface area contributed by atoms with Gasteiger partial charge < -0.3 is 5.73 Å². The highest BCUT2D eigenvalue weighted by molar-refractivity contribution is 7.92. The molecule has 0 bridgehead atoms. The SMILES string of the molecule is Cc1cc(NS(=O)(=O)c2ccc(Cl)c(N)c2)n(C)n1. The van der Waals surface area contributed by atoms with Crippen LogP contribution in [0.3, 0.4) is 0 Å². The van der Waals surface area contributed by atoms with Crippen molar-refractivity contribution < 1.29 is 8.42 Å². The van der Waals surface area contributed by atoms with E-state index in [-0.39, 0.29) is 10.6 Å². The lowest BCUT2D eigenvalue weighted by molar-refractivity contribution is 0.600. The molecule has 0 aliphatic rings. The Kier molecular flexibility index (Phi) is 3.42. The first-order valence-corrected chi connectivity index (χ1v) is 7.24. The lowest BCUT2D eigenvalue weighted by Gasteiger charge is -2.09.